The van der Waals surface area contributed by atoms with Crippen LogP contribution in [0.5, 0.6) is 0 Å². The van der Waals surface area contributed by atoms with Crippen LogP contribution in [0.4, 0.5) is 11.4 Å². The number of hydrogen-bond donors (Lipinski definition) is 3. The molecule has 1 aromatic heterocycles. The fraction of sp³-hybridized carbons (Fsp3) is 0.182. The number of para-hydroxylation sites is 2. The molecule has 162 valence electrons. The van der Waals surface area contributed by atoms with E-state index in [0.29, 0.717) is 29.9 Å². The van der Waals surface area contributed by atoms with Gasteiger partial charge in [-0.15, -0.1) is 0 Å². The molecule has 0 aliphatic heterocycles. The topological polar surface area (TPSA) is 109 Å². The Kier molecular flexibility index (Phi) is 7.58. The first kappa shape index (κ1) is 22.3. The lowest BCUT2D eigenvalue weighted by atomic mass is 10.1. The summed E-state index contributed by atoms with van der Waals surface area (Å²) in [6.07, 6.45) is 4.95. The molecule has 3 rings (SSSR count). The highest BCUT2D eigenvalue weighted by Gasteiger charge is 2.12. The molecule has 0 bridgehead atoms. The summed E-state index contributed by atoms with van der Waals surface area (Å²) >= 11 is 0. The molecule has 0 aliphatic carbocycles. The number of nitrogens with one attached hydrogen (secondary N) is 3. The average Bonchev–Trinajstić information content (AvgIpc) is 2.76. The van der Waals surface area contributed by atoms with Crippen LogP contribution < -0.4 is 15.5 Å². The summed E-state index contributed by atoms with van der Waals surface area (Å²) in [6, 6.07) is 18.0. The summed E-state index contributed by atoms with van der Waals surface area (Å²) in [5, 5.41) is 3.25. The number of hydrogen-bond acceptors (Lipinski definition) is 6. The fourth-order valence-electron chi connectivity index (χ4n) is 2.90. The molecule has 31 heavy (non-hydrogen) atoms. The minimum absolute atomic E-state index is 0.181. The van der Waals surface area contributed by atoms with Gasteiger partial charge in [-0.05, 0) is 41.5 Å². The number of carbonyl (C=O) groups excluding carboxylic acids is 1. The van der Waals surface area contributed by atoms with E-state index in [1.54, 1.807) is 42.7 Å². The molecule has 0 atom stereocenters. The van der Waals surface area contributed by atoms with E-state index in [4.69, 9.17) is 4.84 Å². The molecule has 8 nitrogen and oxygen atoms in total. The Morgan fingerprint density at radius 2 is 1.65 bits per heavy atom. The molecule has 0 saturated heterocycles. The van der Waals surface area contributed by atoms with Gasteiger partial charge in [0.1, 0.15) is 0 Å². The molecule has 2 aromatic carbocycles. The molecule has 3 aromatic rings. The summed E-state index contributed by atoms with van der Waals surface area (Å²) in [7, 11) is -3.38. The zero-order valence-electron chi connectivity index (χ0n) is 17.0. The number of nitrogens with zero attached hydrogens (tertiary/aromatic N) is 1. The number of sulfonamides is 1. The molecule has 0 fully saturated rings. The predicted octanol–water partition coefficient (Wildman–Crippen LogP) is 2.97. The Labute approximate surface area is 181 Å². The van der Waals surface area contributed by atoms with Gasteiger partial charge in [-0.3, -0.25) is 19.3 Å². The Morgan fingerprint density at radius 1 is 0.968 bits per heavy atom. The Bertz CT molecular complexity index is 1120. The first-order chi connectivity index (χ1) is 14.9. The number of carbonyl (C=O) groups is 1. The highest BCUT2D eigenvalue weighted by molar-refractivity contribution is 7.92. The van der Waals surface area contributed by atoms with Crippen molar-refractivity contribution in [2.24, 2.45) is 0 Å². The smallest absolute Gasteiger partial charge is 0.276 e. The third-order valence-electron chi connectivity index (χ3n) is 4.36. The molecule has 9 heteroatoms. The molecular weight excluding hydrogens is 416 g/mol. The summed E-state index contributed by atoms with van der Waals surface area (Å²) in [4.78, 5) is 21.9. The minimum atomic E-state index is -3.38. The highest BCUT2D eigenvalue weighted by atomic mass is 32.2. The summed E-state index contributed by atoms with van der Waals surface area (Å²) < 4.78 is 25.5. The zero-order valence-corrected chi connectivity index (χ0v) is 17.9. The Hall–Kier alpha value is -3.43. The van der Waals surface area contributed by atoms with Crippen molar-refractivity contribution < 1.29 is 18.0 Å². The largest absolute Gasteiger partial charge is 0.380 e. The normalized spacial score (nSPS) is 11.0. The van der Waals surface area contributed by atoms with Gasteiger partial charge in [-0.2, -0.15) is 0 Å². The molecule has 0 aliphatic rings. The van der Waals surface area contributed by atoms with E-state index in [1.807, 2.05) is 30.3 Å². The number of aromatic nitrogens is 1. The van der Waals surface area contributed by atoms with Crippen molar-refractivity contribution in [2.75, 3.05) is 22.9 Å². The standard InChI is InChI=1S/C22H24N4O4S/c1-31(28,29)26-20-8-4-2-6-18(20)12-15-30-25-22(27)19-7-3-5-9-21(19)24-16-17-10-13-23-14-11-17/h2-11,13-14,24,26H,12,15-16H2,1H3,(H,25,27). The number of amides is 1. The van der Waals surface area contributed by atoms with Gasteiger partial charge in [0.05, 0.1) is 24.1 Å². The lowest BCUT2D eigenvalue weighted by molar-refractivity contribution is 0.0325. The van der Waals surface area contributed by atoms with Crippen molar-refractivity contribution in [1.82, 2.24) is 10.5 Å². The van der Waals surface area contributed by atoms with Gasteiger partial charge in [0.2, 0.25) is 10.0 Å². The maximum absolute atomic E-state index is 12.6. The van der Waals surface area contributed by atoms with Gasteiger partial charge < -0.3 is 5.32 Å². The highest BCUT2D eigenvalue weighted by Crippen LogP contribution is 2.18. The van der Waals surface area contributed by atoms with Crippen molar-refractivity contribution in [3.8, 4) is 0 Å². The van der Waals surface area contributed by atoms with Crippen molar-refractivity contribution in [3.63, 3.8) is 0 Å². The van der Waals surface area contributed by atoms with Crippen molar-refractivity contribution in [1.29, 1.82) is 0 Å². The lowest BCUT2D eigenvalue weighted by Crippen LogP contribution is -2.26. The first-order valence-electron chi connectivity index (χ1n) is 9.62. The van der Waals surface area contributed by atoms with Gasteiger partial charge in [-0.1, -0.05) is 30.3 Å². The van der Waals surface area contributed by atoms with Crippen molar-refractivity contribution >= 4 is 27.3 Å². The van der Waals surface area contributed by atoms with Gasteiger partial charge in [0.15, 0.2) is 0 Å². The van der Waals surface area contributed by atoms with Crippen LogP contribution in [0.25, 0.3) is 0 Å². The minimum Gasteiger partial charge on any atom is -0.380 e. The van der Waals surface area contributed by atoms with Gasteiger partial charge >= 0.3 is 0 Å². The SMILES string of the molecule is CS(=O)(=O)Nc1ccccc1CCONC(=O)c1ccccc1NCc1ccncc1. The molecule has 3 N–H and O–H groups in total. The molecule has 1 heterocycles. The maximum atomic E-state index is 12.6. The van der Waals surface area contributed by atoms with Crippen LogP contribution in [0.2, 0.25) is 0 Å². The number of rotatable bonds is 10. The van der Waals surface area contributed by atoms with Crippen LogP contribution in [0.3, 0.4) is 0 Å². The second-order valence-corrected chi connectivity index (χ2v) is 8.56. The Balaban J connectivity index is 1.54. The monoisotopic (exact) mass is 440 g/mol. The molecular formula is C22H24N4O4S. The van der Waals surface area contributed by atoms with Gasteiger partial charge in [-0.25, -0.2) is 13.9 Å². The van der Waals surface area contributed by atoms with E-state index >= 15 is 0 Å². The van der Waals surface area contributed by atoms with Crippen molar-refractivity contribution in [3.05, 3.63) is 89.7 Å². The number of pyridine rings is 1. The second-order valence-electron chi connectivity index (χ2n) is 6.82. The fourth-order valence-corrected chi connectivity index (χ4v) is 3.50. The predicted molar refractivity (Wildman–Crippen MR) is 120 cm³/mol. The van der Waals surface area contributed by atoms with Crippen LogP contribution in [-0.4, -0.2) is 32.2 Å². The molecule has 0 saturated carbocycles. The average molecular weight is 441 g/mol. The summed E-state index contributed by atoms with van der Waals surface area (Å²) in [5.41, 5.74) is 5.89. The third-order valence-corrected chi connectivity index (χ3v) is 4.95. The number of benzene rings is 2. The molecule has 0 spiro atoms. The van der Waals surface area contributed by atoms with Crippen LogP contribution in [-0.2, 0) is 27.8 Å². The van der Waals surface area contributed by atoms with Gasteiger partial charge in [0.25, 0.3) is 5.91 Å². The van der Waals surface area contributed by atoms with E-state index in [0.717, 1.165) is 17.4 Å². The maximum Gasteiger partial charge on any atom is 0.276 e. The van der Waals surface area contributed by atoms with E-state index in [-0.39, 0.29) is 12.5 Å². The molecule has 0 radical (unpaired) electrons. The van der Waals surface area contributed by atoms with E-state index in [1.165, 1.54) is 0 Å². The molecule has 0 unspecified atom stereocenters. The van der Waals surface area contributed by atoms with E-state index in [2.05, 4.69) is 20.5 Å². The van der Waals surface area contributed by atoms with Crippen LogP contribution in [0, 0.1) is 0 Å². The first-order valence-corrected chi connectivity index (χ1v) is 11.5. The van der Waals surface area contributed by atoms with Crippen LogP contribution >= 0.6 is 0 Å². The summed E-state index contributed by atoms with van der Waals surface area (Å²) in [6.45, 7) is 0.735. The Morgan fingerprint density at radius 3 is 2.39 bits per heavy atom. The lowest BCUT2D eigenvalue weighted by Gasteiger charge is -2.13. The van der Waals surface area contributed by atoms with Crippen molar-refractivity contribution in [2.45, 2.75) is 13.0 Å². The van der Waals surface area contributed by atoms with Crippen LogP contribution in [0.15, 0.2) is 73.1 Å². The zero-order chi connectivity index (χ0) is 22.1. The summed E-state index contributed by atoms with van der Waals surface area (Å²) in [5.74, 6) is -0.375. The van der Waals surface area contributed by atoms with Crippen LogP contribution in [0.1, 0.15) is 21.5 Å². The second kappa shape index (κ2) is 10.6. The van der Waals surface area contributed by atoms with E-state index < -0.39 is 10.0 Å². The molecule has 1 amide bonds. The third kappa shape index (κ3) is 7.09. The number of hydroxylamine groups is 1. The van der Waals surface area contributed by atoms with Gasteiger partial charge in [0, 0.05) is 31.0 Å². The van der Waals surface area contributed by atoms with E-state index in [9.17, 15) is 13.2 Å². The number of anilines is 2. The quantitative estimate of drug-likeness (QED) is 0.330.